The molecule has 0 atom stereocenters. The number of nitrogens with one attached hydrogen (secondary N) is 1. The maximum absolute atomic E-state index is 14.4. The molecule has 3 heterocycles. The van der Waals surface area contributed by atoms with Gasteiger partial charge in [0.05, 0.1) is 0 Å². The average molecular weight is 665 g/mol. The number of fused-ring (bicyclic) bond motifs is 1. The summed E-state index contributed by atoms with van der Waals surface area (Å²) in [6.07, 6.45) is 1.84. The third-order valence-electron chi connectivity index (χ3n) is 8.93. The summed E-state index contributed by atoms with van der Waals surface area (Å²) in [6.45, 7) is 7.59. The summed E-state index contributed by atoms with van der Waals surface area (Å²) in [6, 6.07) is 36.3. The Morgan fingerprint density at radius 3 is 1.86 bits per heavy atom. The zero-order chi connectivity index (χ0) is 34.7. The van der Waals surface area contributed by atoms with Crippen LogP contribution in [0.15, 0.2) is 119 Å². The van der Waals surface area contributed by atoms with Crippen LogP contribution in [-0.4, -0.2) is 39.3 Å². The lowest BCUT2D eigenvalue weighted by Gasteiger charge is -2.19. The second kappa shape index (κ2) is 13.9. The Morgan fingerprint density at radius 1 is 0.660 bits per heavy atom. The number of aryl methyl sites for hydroxylation is 3. The van der Waals surface area contributed by atoms with Crippen LogP contribution in [0, 0.1) is 5.41 Å². The quantitative estimate of drug-likeness (QED) is 0.173. The number of imidazole rings is 1. The minimum absolute atomic E-state index is 0.108. The Bertz CT molecular complexity index is 2330. The van der Waals surface area contributed by atoms with Crippen molar-refractivity contribution in [3.05, 3.63) is 153 Å². The number of tetrazole rings is 1. The zero-order valence-electron chi connectivity index (χ0n) is 28.6. The van der Waals surface area contributed by atoms with E-state index < -0.39 is 0 Å². The number of aromatic amines is 1. The van der Waals surface area contributed by atoms with Gasteiger partial charge in [-0.15, -0.1) is 10.2 Å². The molecule has 0 unspecified atom stereocenters. The summed E-state index contributed by atoms with van der Waals surface area (Å²) < 4.78 is 5.13. The van der Waals surface area contributed by atoms with Crippen molar-refractivity contribution in [2.24, 2.45) is 5.41 Å². The monoisotopic (exact) mass is 664 g/mol. The zero-order valence-corrected chi connectivity index (χ0v) is 28.6. The van der Waals surface area contributed by atoms with Crippen LogP contribution in [0.3, 0.4) is 0 Å². The van der Waals surface area contributed by atoms with Crippen molar-refractivity contribution in [1.82, 2.24) is 39.3 Å². The van der Waals surface area contributed by atoms with Gasteiger partial charge in [0.1, 0.15) is 5.82 Å². The molecule has 1 N–H and O–H groups in total. The molecule has 252 valence electrons. The maximum atomic E-state index is 14.4. The van der Waals surface area contributed by atoms with Gasteiger partial charge in [-0.1, -0.05) is 130 Å². The van der Waals surface area contributed by atoms with Crippen LogP contribution < -0.4 is 11.2 Å². The van der Waals surface area contributed by atoms with Crippen molar-refractivity contribution >= 4 is 11.2 Å². The van der Waals surface area contributed by atoms with Gasteiger partial charge >= 0.3 is 5.69 Å². The highest BCUT2D eigenvalue weighted by molar-refractivity contribution is 5.80. The first-order valence-corrected chi connectivity index (χ1v) is 17.0. The van der Waals surface area contributed by atoms with E-state index in [-0.39, 0.29) is 23.2 Å². The fourth-order valence-electron chi connectivity index (χ4n) is 6.46. The summed E-state index contributed by atoms with van der Waals surface area (Å²) in [4.78, 5) is 33.7. The number of rotatable bonds is 11. The third kappa shape index (κ3) is 6.96. The molecule has 7 rings (SSSR count). The molecule has 0 bridgehead atoms. The molecule has 0 aliphatic heterocycles. The molecule has 10 nitrogen and oxygen atoms in total. The Hall–Kier alpha value is -5.90. The van der Waals surface area contributed by atoms with E-state index in [0.717, 1.165) is 39.2 Å². The van der Waals surface area contributed by atoms with Crippen LogP contribution in [0.25, 0.3) is 33.7 Å². The molecule has 0 spiro atoms. The maximum Gasteiger partial charge on any atom is 0.332 e. The highest BCUT2D eigenvalue weighted by Crippen LogP contribution is 2.30. The van der Waals surface area contributed by atoms with Gasteiger partial charge in [-0.25, -0.2) is 9.78 Å². The fourth-order valence-corrected chi connectivity index (χ4v) is 6.46. The Balaban J connectivity index is 1.32. The van der Waals surface area contributed by atoms with Crippen LogP contribution in [-0.2, 0) is 38.9 Å². The molecular weight excluding hydrogens is 624 g/mol. The number of hydrogen-bond acceptors (Lipinski definition) is 6. The van der Waals surface area contributed by atoms with Crippen molar-refractivity contribution in [1.29, 1.82) is 0 Å². The molecule has 0 fully saturated rings. The molecule has 0 amide bonds. The van der Waals surface area contributed by atoms with E-state index in [1.807, 2.05) is 77.4 Å². The molecule has 0 radical (unpaired) electrons. The fraction of sp³-hybridized carbons (Fsp3) is 0.250. The molecule has 3 aromatic heterocycles. The smallest absolute Gasteiger partial charge is 0.318 e. The second-order valence-electron chi connectivity index (χ2n) is 13.9. The molecule has 7 aromatic rings. The minimum atomic E-state index is -0.328. The lowest BCUT2D eigenvalue weighted by atomic mass is 9.92. The van der Waals surface area contributed by atoms with E-state index in [0.29, 0.717) is 49.3 Å². The second-order valence-corrected chi connectivity index (χ2v) is 13.9. The van der Waals surface area contributed by atoms with Crippen molar-refractivity contribution in [2.75, 3.05) is 0 Å². The molecule has 50 heavy (non-hydrogen) atoms. The van der Waals surface area contributed by atoms with Crippen LogP contribution in [0.4, 0.5) is 0 Å². The summed E-state index contributed by atoms with van der Waals surface area (Å²) in [5.74, 6) is 1.31. The highest BCUT2D eigenvalue weighted by atomic mass is 16.2. The minimum Gasteiger partial charge on any atom is -0.318 e. The predicted octanol–water partition coefficient (Wildman–Crippen LogP) is 6.33. The first kappa shape index (κ1) is 32.6. The number of benzene rings is 4. The van der Waals surface area contributed by atoms with Gasteiger partial charge in [0, 0.05) is 31.6 Å². The summed E-state index contributed by atoms with van der Waals surface area (Å²) in [7, 11) is 0. The lowest BCUT2D eigenvalue weighted by molar-refractivity contribution is 0.394. The average Bonchev–Trinajstić information content (AvgIpc) is 3.78. The normalized spacial score (nSPS) is 11.7. The molecule has 10 heteroatoms. The van der Waals surface area contributed by atoms with Crippen molar-refractivity contribution in [2.45, 2.75) is 59.7 Å². The SMILES string of the molecule is CC(C)(C)Cc1nc2c(c(=O)n(CCc3ccccc3)c(=O)n2CCc2ccccc2)n1Cc1ccc(-c2ccccc2-c2nn[nH]n2)cc1. The van der Waals surface area contributed by atoms with Crippen LogP contribution in [0.2, 0.25) is 0 Å². The van der Waals surface area contributed by atoms with Gasteiger partial charge in [-0.05, 0) is 51.3 Å². The molecule has 0 aliphatic carbocycles. The van der Waals surface area contributed by atoms with Crippen LogP contribution in [0.5, 0.6) is 0 Å². The van der Waals surface area contributed by atoms with Gasteiger partial charge in [0.2, 0.25) is 5.82 Å². The molecule has 0 aliphatic rings. The van der Waals surface area contributed by atoms with Gasteiger partial charge in [-0.3, -0.25) is 13.9 Å². The van der Waals surface area contributed by atoms with Gasteiger partial charge in [0.25, 0.3) is 5.56 Å². The predicted molar refractivity (Wildman–Crippen MR) is 196 cm³/mol. The number of hydrogen-bond donors (Lipinski definition) is 1. The summed E-state index contributed by atoms with van der Waals surface area (Å²) >= 11 is 0. The van der Waals surface area contributed by atoms with Crippen molar-refractivity contribution in [3.8, 4) is 22.5 Å². The van der Waals surface area contributed by atoms with Crippen molar-refractivity contribution < 1.29 is 0 Å². The Kier molecular flexibility index (Phi) is 9.08. The van der Waals surface area contributed by atoms with Crippen LogP contribution >= 0.6 is 0 Å². The van der Waals surface area contributed by atoms with E-state index in [4.69, 9.17) is 4.98 Å². The van der Waals surface area contributed by atoms with E-state index in [1.54, 1.807) is 4.57 Å². The topological polar surface area (TPSA) is 116 Å². The molecule has 4 aromatic carbocycles. The summed E-state index contributed by atoms with van der Waals surface area (Å²) in [5.41, 5.74) is 6.23. The Labute approximate surface area is 290 Å². The van der Waals surface area contributed by atoms with E-state index in [9.17, 15) is 9.59 Å². The van der Waals surface area contributed by atoms with Gasteiger partial charge in [0.15, 0.2) is 11.2 Å². The first-order valence-electron chi connectivity index (χ1n) is 17.0. The summed E-state index contributed by atoms with van der Waals surface area (Å²) in [5, 5.41) is 14.6. The first-order chi connectivity index (χ1) is 24.2. The number of H-pyrrole nitrogens is 1. The third-order valence-corrected chi connectivity index (χ3v) is 8.93. The Morgan fingerprint density at radius 2 is 1.26 bits per heavy atom. The highest BCUT2D eigenvalue weighted by Gasteiger charge is 2.25. The number of aromatic nitrogens is 8. The standard InChI is InChI=1S/C40H40N8O2/c1-40(2,3)26-34-41-37-35(48(34)27-30-18-20-31(21-19-30)32-16-10-11-17-33(32)36-42-44-45-43-36)38(49)47(25-23-29-14-8-5-9-15-29)39(50)46(37)24-22-28-12-6-4-7-13-28/h4-21H,22-27H2,1-3H3,(H,42,43,44,45). The van der Waals surface area contributed by atoms with Crippen LogP contribution in [0.1, 0.15) is 43.3 Å². The van der Waals surface area contributed by atoms with E-state index in [1.165, 1.54) is 4.57 Å². The molecule has 0 saturated carbocycles. The van der Waals surface area contributed by atoms with E-state index in [2.05, 4.69) is 77.8 Å². The van der Waals surface area contributed by atoms with E-state index >= 15 is 0 Å². The lowest BCUT2D eigenvalue weighted by Crippen LogP contribution is -2.41. The molecular formula is C40H40N8O2. The van der Waals surface area contributed by atoms with Crippen molar-refractivity contribution in [3.63, 3.8) is 0 Å². The van der Waals surface area contributed by atoms with Gasteiger partial charge < -0.3 is 4.57 Å². The number of nitrogens with zero attached hydrogens (tertiary/aromatic N) is 7. The van der Waals surface area contributed by atoms with Gasteiger partial charge in [-0.2, -0.15) is 5.21 Å². The largest absolute Gasteiger partial charge is 0.332 e. The molecule has 0 saturated heterocycles.